The standard InChI is InChI=1S/C15H17ClN4O/c16-11-7-13-12(9-17-18-13)14(8-11)19-3-5-20(6-4-19)15(21)10-1-2-10/h7-10H,1-6H2,(H,17,18). The van der Waals surface area contributed by atoms with E-state index in [0.717, 1.165) is 55.6 Å². The third-order valence-corrected chi connectivity index (χ3v) is 4.58. The second-order valence-corrected chi connectivity index (χ2v) is 6.28. The van der Waals surface area contributed by atoms with Gasteiger partial charge in [-0.05, 0) is 25.0 Å². The number of hydrogen-bond donors (Lipinski definition) is 1. The maximum Gasteiger partial charge on any atom is 0.225 e. The molecule has 2 aliphatic rings. The summed E-state index contributed by atoms with van der Waals surface area (Å²) >= 11 is 6.19. The summed E-state index contributed by atoms with van der Waals surface area (Å²) in [6.45, 7) is 3.28. The molecule has 110 valence electrons. The zero-order valence-electron chi connectivity index (χ0n) is 11.7. The average molecular weight is 305 g/mol. The number of carbonyl (C=O) groups is 1. The molecule has 1 saturated carbocycles. The lowest BCUT2D eigenvalue weighted by molar-refractivity contribution is -0.132. The van der Waals surface area contributed by atoms with E-state index in [9.17, 15) is 4.79 Å². The minimum atomic E-state index is 0.309. The zero-order chi connectivity index (χ0) is 14.4. The minimum Gasteiger partial charge on any atom is -0.367 e. The van der Waals surface area contributed by atoms with Crippen LogP contribution in [-0.4, -0.2) is 47.2 Å². The highest BCUT2D eigenvalue weighted by atomic mass is 35.5. The molecule has 1 saturated heterocycles. The lowest BCUT2D eigenvalue weighted by Crippen LogP contribution is -2.49. The molecule has 0 spiro atoms. The van der Waals surface area contributed by atoms with Gasteiger partial charge in [-0.25, -0.2) is 0 Å². The number of benzene rings is 1. The van der Waals surface area contributed by atoms with Crippen LogP contribution in [0.3, 0.4) is 0 Å². The van der Waals surface area contributed by atoms with Crippen LogP contribution in [0.25, 0.3) is 10.9 Å². The number of aromatic nitrogens is 2. The van der Waals surface area contributed by atoms with Gasteiger partial charge in [0.1, 0.15) is 0 Å². The quantitative estimate of drug-likeness (QED) is 0.926. The van der Waals surface area contributed by atoms with Crippen LogP contribution in [0.1, 0.15) is 12.8 Å². The van der Waals surface area contributed by atoms with Crippen LogP contribution in [0.5, 0.6) is 0 Å². The molecular weight excluding hydrogens is 288 g/mol. The third kappa shape index (κ3) is 2.35. The fourth-order valence-electron chi connectivity index (χ4n) is 3.02. The van der Waals surface area contributed by atoms with Crippen molar-refractivity contribution < 1.29 is 4.79 Å². The van der Waals surface area contributed by atoms with E-state index in [-0.39, 0.29) is 0 Å². The highest BCUT2D eigenvalue weighted by Gasteiger charge is 2.34. The fraction of sp³-hybridized carbons (Fsp3) is 0.467. The van der Waals surface area contributed by atoms with Gasteiger partial charge in [-0.2, -0.15) is 5.10 Å². The van der Waals surface area contributed by atoms with Gasteiger partial charge in [0.2, 0.25) is 5.91 Å². The largest absolute Gasteiger partial charge is 0.367 e. The Labute approximate surface area is 127 Å². The van der Waals surface area contributed by atoms with Crippen LogP contribution in [-0.2, 0) is 4.79 Å². The summed E-state index contributed by atoms with van der Waals surface area (Å²) < 4.78 is 0. The molecule has 1 aromatic carbocycles. The van der Waals surface area contributed by atoms with E-state index in [1.807, 2.05) is 23.2 Å². The van der Waals surface area contributed by atoms with Gasteiger partial charge in [0.25, 0.3) is 0 Å². The number of H-pyrrole nitrogens is 1. The molecule has 2 heterocycles. The fourth-order valence-corrected chi connectivity index (χ4v) is 3.23. The summed E-state index contributed by atoms with van der Waals surface area (Å²) in [5.74, 6) is 0.650. The number of hydrogen-bond acceptors (Lipinski definition) is 3. The first-order valence-corrected chi connectivity index (χ1v) is 7.76. The Morgan fingerprint density at radius 2 is 2.00 bits per heavy atom. The molecule has 1 N–H and O–H groups in total. The molecule has 6 heteroatoms. The first-order chi connectivity index (χ1) is 10.2. The maximum absolute atomic E-state index is 12.1. The molecule has 0 radical (unpaired) electrons. The predicted octanol–water partition coefficient (Wildman–Crippen LogP) is 2.27. The van der Waals surface area contributed by atoms with Crippen molar-refractivity contribution in [1.82, 2.24) is 15.1 Å². The van der Waals surface area contributed by atoms with Crippen molar-refractivity contribution in [1.29, 1.82) is 0 Å². The van der Waals surface area contributed by atoms with Crippen LogP contribution >= 0.6 is 11.6 Å². The summed E-state index contributed by atoms with van der Waals surface area (Å²) in [5.41, 5.74) is 2.05. The summed E-state index contributed by atoms with van der Waals surface area (Å²) in [6, 6.07) is 3.87. The van der Waals surface area contributed by atoms with Crippen molar-refractivity contribution in [2.24, 2.45) is 5.92 Å². The molecular formula is C15H17ClN4O. The lowest BCUT2D eigenvalue weighted by atomic mass is 10.1. The van der Waals surface area contributed by atoms with Gasteiger partial charge in [-0.1, -0.05) is 11.6 Å². The number of halogens is 1. The van der Waals surface area contributed by atoms with Crippen LogP contribution in [0.2, 0.25) is 5.02 Å². The second-order valence-electron chi connectivity index (χ2n) is 5.84. The first-order valence-electron chi connectivity index (χ1n) is 7.39. The molecule has 1 amide bonds. The summed E-state index contributed by atoms with van der Waals surface area (Å²) in [4.78, 5) is 16.4. The molecule has 4 rings (SSSR count). The van der Waals surface area contributed by atoms with Gasteiger partial charge in [-0.3, -0.25) is 9.89 Å². The molecule has 2 aromatic rings. The Balaban J connectivity index is 1.54. The Morgan fingerprint density at radius 1 is 1.24 bits per heavy atom. The number of fused-ring (bicyclic) bond motifs is 1. The van der Waals surface area contributed by atoms with Crippen molar-refractivity contribution >= 4 is 34.1 Å². The van der Waals surface area contributed by atoms with Crippen molar-refractivity contribution in [3.8, 4) is 0 Å². The van der Waals surface area contributed by atoms with Gasteiger partial charge in [0, 0.05) is 48.2 Å². The average Bonchev–Trinajstić information content (AvgIpc) is 3.24. The van der Waals surface area contributed by atoms with E-state index in [2.05, 4.69) is 15.1 Å². The predicted molar refractivity (Wildman–Crippen MR) is 82.6 cm³/mol. The van der Waals surface area contributed by atoms with E-state index in [0.29, 0.717) is 16.8 Å². The van der Waals surface area contributed by atoms with E-state index >= 15 is 0 Å². The smallest absolute Gasteiger partial charge is 0.225 e. The number of aromatic amines is 1. The van der Waals surface area contributed by atoms with Crippen LogP contribution in [0, 0.1) is 5.92 Å². The Hall–Kier alpha value is -1.75. The lowest BCUT2D eigenvalue weighted by Gasteiger charge is -2.36. The van der Waals surface area contributed by atoms with E-state index in [1.165, 1.54) is 0 Å². The maximum atomic E-state index is 12.1. The summed E-state index contributed by atoms with van der Waals surface area (Å²) in [6.07, 6.45) is 3.98. The molecule has 1 aromatic heterocycles. The van der Waals surface area contributed by atoms with Gasteiger partial charge < -0.3 is 9.80 Å². The Bertz CT molecular complexity index is 686. The number of nitrogens with one attached hydrogen (secondary N) is 1. The van der Waals surface area contributed by atoms with Crippen molar-refractivity contribution in [3.63, 3.8) is 0 Å². The van der Waals surface area contributed by atoms with Crippen LogP contribution in [0.15, 0.2) is 18.3 Å². The van der Waals surface area contributed by atoms with Gasteiger partial charge >= 0.3 is 0 Å². The molecule has 1 aliphatic carbocycles. The number of rotatable bonds is 2. The summed E-state index contributed by atoms with van der Waals surface area (Å²) in [5, 5.41) is 8.85. The Kier molecular flexibility index (Phi) is 3.03. The normalized spacial score (nSPS) is 19.3. The molecule has 0 unspecified atom stereocenters. The highest BCUT2D eigenvalue weighted by Crippen LogP contribution is 2.33. The van der Waals surface area contributed by atoms with E-state index in [4.69, 9.17) is 11.6 Å². The topological polar surface area (TPSA) is 52.2 Å². The van der Waals surface area contributed by atoms with Gasteiger partial charge in [-0.15, -0.1) is 0 Å². The Morgan fingerprint density at radius 3 is 2.71 bits per heavy atom. The van der Waals surface area contributed by atoms with E-state index in [1.54, 1.807) is 0 Å². The van der Waals surface area contributed by atoms with Crippen molar-refractivity contribution in [2.45, 2.75) is 12.8 Å². The number of carbonyl (C=O) groups excluding carboxylic acids is 1. The number of anilines is 1. The highest BCUT2D eigenvalue weighted by molar-refractivity contribution is 6.31. The van der Waals surface area contributed by atoms with Crippen molar-refractivity contribution in [3.05, 3.63) is 23.4 Å². The second kappa shape index (κ2) is 4.91. The van der Waals surface area contributed by atoms with Crippen LogP contribution < -0.4 is 4.90 Å². The van der Waals surface area contributed by atoms with Crippen molar-refractivity contribution in [2.75, 3.05) is 31.1 Å². The summed E-state index contributed by atoms with van der Waals surface area (Å²) in [7, 11) is 0. The number of amides is 1. The third-order valence-electron chi connectivity index (χ3n) is 4.36. The minimum absolute atomic E-state index is 0.309. The van der Waals surface area contributed by atoms with Gasteiger partial charge in [0.15, 0.2) is 0 Å². The number of piperazine rings is 1. The van der Waals surface area contributed by atoms with E-state index < -0.39 is 0 Å². The molecule has 1 aliphatic heterocycles. The zero-order valence-corrected chi connectivity index (χ0v) is 12.4. The van der Waals surface area contributed by atoms with Gasteiger partial charge in [0.05, 0.1) is 11.7 Å². The molecule has 0 bridgehead atoms. The first kappa shape index (κ1) is 13.0. The molecule has 0 atom stereocenters. The molecule has 5 nitrogen and oxygen atoms in total. The number of nitrogens with zero attached hydrogens (tertiary/aromatic N) is 3. The monoisotopic (exact) mass is 304 g/mol. The molecule has 21 heavy (non-hydrogen) atoms. The van der Waals surface area contributed by atoms with Crippen LogP contribution in [0.4, 0.5) is 5.69 Å². The molecule has 2 fully saturated rings. The SMILES string of the molecule is O=C(C1CC1)N1CCN(c2cc(Cl)cc3[nH]ncc23)CC1.